The maximum atomic E-state index is 4.71. The highest BCUT2D eigenvalue weighted by Gasteiger charge is 2.09. The van der Waals surface area contributed by atoms with Crippen LogP contribution in [0.15, 0.2) is 42.7 Å². The predicted molar refractivity (Wildman–Crippen MR) is 87.6 cm³/mol. The van der Waals surface area contributed by atoms with Gasteiger partial charge in [0.15, 0.2) is 0 Å². The SMILES string of the molecule is CCc1cccc2ccn(Cc3ccn(C(C)CC)n3)c12. The molecule has 0 aliphatic carbocycles. The van der Waals surface area contributed by atoms with Crippen molar-refractivity contribution in [2.75, 3.05) is 0 Å². The zero-order valence-electron chi connectivity index (χ0n) is 13.1. The average Bonchev–Trinajstić information content (AvgIpc) is 3.14. The second-order valence-electron chi connectivity index (χ2n) is 5.70. The van der Waals surface area contributed by atoms with Crippen molar-refractivity contribution in [2.24, 2.45) is 0 Å². The molecule has 1 atom stereocenters. The van der Waals surface area contributed by atoms with E-state index in [1.165, 1.54) is 16.5 Å². The molecule has 0 radical (unpaired) electrons. The molecule has 1 unspecified atom stereocenters. The lowest BCUT2D eigenvalue weighted by Gasteiger charge is -2.09. The zero-order chi connectivity index (χ0) is 14.8. The van der Waals surface area contributed by atoms with E-state index >= 15 is 0 Å². The molecule has 3 rings (SSSR count). The molecule has 3 heteroatoms. The zero-order valence-corrected chi connectivity index (χ0v) is 13.1. The number of para-hydroxylation sites is 1. The Bertz CT molecular complexity index is 736. The van der Waals surface area contributed by atoms with Crippen molar-refractivity contribution in [3.63, 3.8) is 0 Å². The van der Waals surface area contributed by atoms with E-state index in [-0.39, 0.29) is 0 Å². The van der Waals surface area contributed by atoms with Gasteiger partial charge in [0.25, 0.3) is 0 Å². The summed E-state index contributed by atoms with van der Waals surface area (Å²) < 4.78 is 4.39. The van der Waals surface area contributed by atoms with E-state index in [9.17, 15) is 0 Å². The number of benzene rings is 1. The van der Waals surface area contributed by atoms with Crippen LogP contribution in [-0.2, 0) is 13.0 Å². The van der Waals surface area contributed by atoms with Crippen molar-refractivity contribution < 1.29 is 0 Å². The summed E-state index contributed by atoms with van der Waals surface area (Å²) in [7, 11) is 0. The monoisotopic (exact) mass is 281 g/mol. The fourth-order valence-electron chi connectivity index (χ4n) is 2.83. The minimum atomic E-state index is 0.464. The van der Waals surface area contributed by atoms with E-state index in [1.807, 2.05) is 0 Å². The molecular formula is C18H23N3. The lowest BCUT2D eigenvalue weighted by atomic mass is 10.1. The van der Waals surface area contributed by atoms with Crippen LogP contribution in [0.1, 0.15) is 44.5 Å². The Morgan fingerprint density at radius 3 is 2.71 bits per heavy atom. The van der Waals surface area contributed by atoms with Gasteiger partial charge in [-0.15, -0.1) is 0 Å². The molecule has 110 valence electrons. The van der Waals surface area contributed by atoms with Crippen LogP contribution in [0.25, 0.3) is 10.9 Å². The minimum Gasteiger partial charge on any atom is -0.341 e. The third kappa shape index (κ3) is 2.60. The predicted octanol–water partition coefficient (Wildman–Crippen LogP) is 4.42. The highest BCUT2D eigenvalue weighted by atomic mass is 15.3. The van der Waals surface area contributed by atoms with E-state index in [1.54, 1.807) is 0 Å². The maximum absolute atomic E-state index is 4.71. The first-order valence-corrected chi connectivity index (χ1v) is 7.83. The molecule has 0 aliphatic heterocycles. The molecule has 1 aromatic carbocycles. The molecule has 2 heterocycles. The molecule has 0 aliphatic rings. The van der Waals surface area contributed by atoms with E-state index in [0.717, 1.165) is 25.1 Å². The number of aryl methyl sites for hydroxylation is 1. The first-order valence-electron chi connectivity index (χ1n) is 7.83. The molecule has 2 aromatic heterocycles. The van der Waals surface area contributed by atoms with Gasteiger partial charge in [0, 0.05) is 18.4 Å². The second-order valence-corrected chi connectivity index (χ2v) is 5.70. The fraction of sp³-hybridized carbons (Fsp3) is 0.389. The summed E-state index contributed by atoms with van der Waals surface area (Å²) in [6, 6.07) is 11.3. The minimum absolute atomic E-state index is 0.464. The van der Waals surface area contributed by atoms with Gasteiger partial charge in [0.1, 0.15) is 0 Å². The molecule has 0 fully saturated rings. The Hall–Kier alpha value is -2.03. The number of hydrogen-bond acceptors (Lipinski definition) is 1. The Morgan fingerprint density at radius 1 is 1.10 bits per heavy atom. The summed E-state index contributed by atoms with van der Waals surface area (Å²) >= 11 is 0. The smallest absolute Gasteiger partial charge is 0.0821 e. The summed E-state index contributed by atoms with van der Waals surface area (Å²) in [5.74, 6) is 0. The Morgan fingerprint density at radius 2 is 1.95 bits per heavy atom. The van der Waals surface area contributed by atoms with Crippen LogP contribution in [0.3, 0.4) is 0 Å². The summed E-state index contributed by atoms with van der Waals surface area (Å²) in [6.45, 7) is 7.45. The molecule has 0 saturated heterocycles. The second kappa shape index (κ2) is 5.76. The van der Waals surface area contributed by atoms with Crippen molar-refractivity contribution in [1.82, 2.24) is 14.3 Å². The Balaban J connectivity index is 1.93. The summed E-state index contributed by atoms with van der Waals surface area (Å²) in [6.07, 6.45) is 6.43. The van der Waals surface area contributed by atoms with Crippen molar-refractivity contribution in [3.8, 4) is 0 Å². The third-order valence-corrected chi connectivity index (χ3v) is 4.29. The first kappa shape index (κ1) is 13.9. The number of nitrogens with zero attached hydrogens (tertiary/aromatic N) is 3. The van der Waals surface area contributed by atoms with Gasteiger partial charge >= 0.3 is 0 Å². The molecule has 0 spiro atoms. The van der Waals surface area contributed by atoms with Crippen LogP contribution in [0.4, 0.5) is 0 Å². The van der Waals surface area contributed by atoms with E-state index < -0.39 is 0 Å². The van der Waals surface area contributed by atoms with Crippen LogP contribution in [0, 0.1) is 0 Å². The molecule has 0 saturated carbocycles. The van der Waals surface area contributed by atoms with Crippen LogP contribution in [0.5, 0.6) is 0 Å². The van der Waals surface area contributed by atoms with Gasteiger partial charge in [-0.1, -0.05) is 32.0 Å². The molecule has 3 aromatic rings. The Labute approximate surface area is 126 Å². The van der Waals surface area contributed by atoms with Crippen LogP contribution in [0.2, 0.25) is 0 Å². The Kier molecular flexibility index (Phi) is 3.82. The molecule has 0 N–H and O–H groups in total. The topological polar surface area (TPSA) is 22.8 Å². The van der Waals surface area contributed by atoms with Crippen molar-refractivity contribution in [3.05, 3.63) is 54.0 Å². The van der Waals surface area contributed by atoms with E-state index in [2.05, 4.69) is 72.7 Å². The highest BCUT2D eigenvalue weighted by molar-refractivity contribution is 5.83. The van der Waals surface area contributed by atoms with Gasteiger partial charge in [-0.05, 0) is 42.8 Å². The maximum Gasteiger partial charge on any atom is 0.0821 e. The molecule has 3 nitrogen and oxygen atoms in total. The number of aromatic nitrogens is 3. The van der Waals surface area contributed by atoms with Gasteiger partial charge in [0.2, 0.25) is 0 Å². The van der Waals surface area contributed by atoms with E-state index in [0.29, 0.717) is 6.04 Å². The summed E-state index contributed by atoms with van der Waals surface area (Å²) in [5, 5.41) is 6.03. The van der Waals surface area contributed by atoms with Gasteiger partial charge < -0.3 is 4.57 Å². The molecular weight excluding hydrogens is 258 g/mol. The van der Waals surface area contributed by atoms with Gasteiger partial charge in [-0.2, -0.15) is 5.10 Å². The largest absolute Gasteiger partial charge is 0.341 e. The van der Waals surface area contributed by atoms with Crippen LogP contribution >= 0.6 is 0 Å². The normalized spacial score (nSPS) is 12.9. The third-order valence-electron chi connectivity index (χ3n) is 4.29. The van der Waals surface area contributed by atoms with Crippen molar-refractivity contribution in [2.45, 2.75) is 46.2 Å². The quantitative estimate of drug-likeness (QED) is 0.679. The first-order chi connectivity index (χ1) is 10.2. The number of rotatable bonds is 5. The van der Waals surface area contributed by atoms with E-state index in [4.69, 9.17) is 5.10 Å². The van der Waals surface area contributed by atoms with Crippen molar-refractivity contribution >= 4 is 10.9 Å². The van der Waals surface area contributed by atoms with Gasteiger partial charge in [0.05, 0.1) is 17.8 Å². The number of hydrogen-bond donors (Lipinski definition) is 0. The average molecular weight is 281 g/mol. The van der Waals surface area contributed by atoms with Crippen LogP contribution in [-0.4, -0.2) is 14.3 Å². The van der Waals surface area contributed by atoms with Gasteiger partial charge in [-0.3, -0.25) is 4.68 Å². The highest BCUT2D eigenvalue weighted by Crippen LogP contribution is 2.22. The molecule has 0 bridgehead atoms. The number of fused-ring (bicyclic) bond motifs is 1. The molecule has 21 heavy (non-hydrogen) atoms. The van der Waals surface area contributed by atoms with Crippen molar-refractivity contribution in [1.29, 1.82) is 0 Å². The molecule has 0 amide bonds. The van der Waals surface area contributed by atoms with Gasteiger partial charge in [-0.25, -0.2) is 0 Å². The van der Waals surface area contributed by atoms with Crippen LogP contribution < -0.4 is 0 Å². The lowest BCUT2D eigenvalue weighted by molar-refractivity contribution is 0.472. The summed E-state index contributed by atoms with van der Waals surface area (Å²) in [5.41, 5.74) is 3.87. The standard InChI is InChI=1S/C18H23N3/c1-4-14(3)21-12-10-17(19-21)13-20-11-9-16-8-6-7-15(5-2)18(16)20/h6-12,14H,4-5,13H2,1-3H3. The lowest BCUT2D eigenvalue weighted by Crippen LogP contribution is -2.06. The fourth-order valence-corrected chi connectivity index (χ4v) is 2.83. The summed E-state index contributed by atoms with van der Waals surface area (Å²) in [4.78, 5) is 0.